The predicted molar refractivity (Wildman–Crippen MR) is 120 cm³/mol. The largest absolute Gasteiger partial charge is 0.461 e. The molecule has 0 radical (unpaired) electrons. The maximum atomic E-state index is 13.1. The zero-order chi connectivity index (χ0) is 22.1. The SMILES string of the molecule is Cc1cnc(O[C@H]2CC[C@]3(COCc4ccccc4)C[C@H]23)n(C(=O)c2ccccc2)c1=O. The monoisotopic (exact) mass is 430 g/mol. The highest BCUT2D eigenvalue weighted by Gasteiger charge is 2.63. The normalized spacial score (nSPS) is 23.5. The molecule has 0 N–H and O–H groups in total. The highest BCUT2D eigenvalue weighted by atomic mass is 16.5. The van der Waals surface area contributed by atoms with Crippen LogP contribution < -0.4 is 10.3 Å². The highest BCUT2D eigenvalue weighted by molar-refractivity contribution is 5.96. The minimum atomic E-state index is -0.423. The number of benzene rings is 2. The van der Waals surface area contributed by atoms with Crippen molar-refractivity contribution in [1.29, 1.82) is 0 Å². The maximum Gasteiger partial charge on any atom is 0.306 e. The molecule has 0 spiro atoms. The van der Waals surface area contributed by atoms with E-state index >= 15 is 0 Å². The smallest absolute Gasteiger partial charge is 0.306 e. The van der Waals surface area contributed by atoms with Gasteiger partial charge in [-0.25, -0.2) is 4.98 Å². The molecular weight excluding hydrogens is 404 g/mol. The van der Waals surface area contributed by atoms with Crippen LogP contribution in [0.5, 0.6) is 6.01 Å². The fourth-order valence-electron chi connectivity index (χ4n) is 4.78. The van der Waals surface area contributed by atoms with Crippen molar-refractivity contribution >= 4 is 5.91 Å². The zero-order valence-electron chi connectivity index (χ0n) is 18.1. The van der Waals surface area contributed by atoms with Crippen molar-refractivity contribution in [2.24, 2.45) is 11.3 Å². The number of fused-ring (bicyclic) bond motifs is 1. The van der Waals surface area contributed by atoms with Gasteiger partial charge in [-0.2, -0.15) is 4.57 Å². The Labute approximate surface area is 186 Å². The molecule has 164 valence electrons. The zero-order valence-corrected chi connectivity index (χ0v) is 18.1. The number of aryl methyl sites for hydroxylation is 1. The van der Waals surface area contributed by atoms with Crippen LogP contribution in [0.25, 0.3) is 0 Å². The molecule has 0 saturated heterocycles. The summed E-state index contributed by atoms with van der Waals surface area (Å²) in [6.07, 6.45) is 4.32. The van der Waals surface area contributed by atoms with Gasteiger partial charge in [-0.1, -0.05) is 48.5 Å². The first-order chi connectivity index (χ1) is 15.6. The van der Waals surface area contributed by atoms with Crippen LogP contribution in [0.15, 0.2) is 71.7 Å². The molecule has 0 unspecified atom stereocenters. The van der Waals surface area contributed by atoms with Crippen LogP contribution in [-0.2, 0) is 11.3 Å². The molecule has 2 saturated carbocycles. The Bertz CT molecular complexity index is 1180. The van der Waals surface area contributed by atoms with E-state index in [0.29, 0.717) is 30.3 Å². The standard InChI is InChI=1S/C26H26N2O4/c1-18-15-27-25(28(23(18)29)24(30)20-10-6-3-7-11-20)32-22-12-13-26(14-21(22)26)17-31-16-19-8-4-2-5-9-19/h2-11,15,21-22H,12-14,16-17H2,1H3/t21-,22+,26-/m1/s1. The van der Waals surface area contributed by atoms with Crippen LogP contribution in [0.4, 0.5) is 0 Å². The quantitative estimate of drug-likeness (QED) is 0.567. The Hall–Kier alpha value is -3.25. The lowest BCUT2D eigenvalue weighted by atomic mass is 10.1. The van der Waals surface area contributed by atoms with Crippen LogP contribution in [0, 0.1) is 18.3 Å². The number of hydrogen-bond donors (Lipinski definition) is 0. The van der Waals surface area contributed by atoms with Crippen LogP contribution in [-0.4, -0.2) is 28.2 Å². The van der Waals surface area contributed by atoms with Gasteiger partial charge in [0.2, 0.25) is 0 Å². The summed E-state index contributed by atoms with van der Waals surface area (Å²) in [6.45, 7) is 2.95. The molecule has 2 aliphatic rings. The number of hydrogen-bond acceptors (Lipinski definition) is 5. The van der Waals surface area contributed by atoms with Crippen molar-refractivity contribution in [3.05, 3.63) is 93.9 Å². The van der Waals surface area contributed by atoms with E-state index in [-0.39, 0.29) is 17.5 Å². The van der Waals surface area contributed by atoms with E-state index < -0.39 is 11.5 Å². The topological polar surface area (TPSA) is 70.4 Å². The number of nitrogens with zero attached hydrogens (tertiary/aromatic N) is 2. The Morgan fingerprint density at radius 1 is 1.12 bits per heavy atom. The third-order valence-electron chi connectivity index (χ3n) is 6.71. The molecule has 6 heteroatoms. The van der Waals surface area contributed by atoms with Crippen LogP contribution in [0.3, 0.4) is 0 Å². The molecule has 2 aromatic carbocycles. The van der Waals surface area contributed by atoms with Gasteiger partial charge in [0.15, 0.2) is 0 Å². The molecular formula is C26H26N2O4. The first kappa shape index (κ1) is 20.6. The maximum absolute atomic E-state index is 13.1. The average molecular weight is 431 g/mol. The van der Waals surface area contributed by atoms with Crippen molar-refractivity contribution in [1.82, 2.24) is 9.55 Å². The molecule has 0 aliphatic heterocycles. The lowest BCUT2D eigenvalue weighted by molar-refractivity contribution is 0.0730. The summed E-state index contributed by atoms with van der Waals surface area (Å²) in [5.41, 5.74) is 1.74. The van der Waals surface area contributed by atoms with Crippen molar-refractivity contribution in [3.63, 3.8) is 0 Å². The van der Waals surface area contributed by atoms with Gasteiger partial charge in [-0.05, 0) is 43.9 Å². The van der Waals surface area contributed by atoms with Crippen LogP contribution in [0.1, 0.15) is 40.7 Å². The molecule has 5 rings (SSSR count). The number of ether oxygens (including phenoxy) is 2. The predicted octanol–water partition coefficient (Wildman–Crippen LogP) is 4.00. The molecule has 2 fully saturated rings. The van der Waals surface area contributed by atoms with E-state index in [1.165, 1.54) is 11.8 Å². The molecule has 6 nitrogen and oxygen atoms in total. The summed E-state index contributed by atoms with van der Waals surface area (Å²) in [5, 5.41) is 0. The summed E-state index contributed by atoms with van der Waals surface area (Å²) >= 11 is 0. The van der Waals surface area contributed by atoms with Gasteiger partial charge in [0.05, 0.1) is 13.2 Å². The molecule has 3 atom stereocenters. The van der Waals surface area contributed by atoms with Crippen molar-refractivity contribution in [3.8, 4) is 6.01 Å². The summed E-state index contributed by atoms with van der Waals surface area (Å²) in [7, 11) is 0. The van der Waals surface area contributed by atoms with E-state index in [9.17, 15) is 9.59 Å². The van der Waals surface area contributed by atoms with E-state index in [1.807, 2.05) is 24.3 Å². The van der Waals surface area contributed by atoms with Crippen molar-refractivity contribution < 1.29 is 14.3 Å². The van der Waals surface area contributed by atoms with E-state index in [2.05, 4.69) is 17.1 Å². The highest BCUT2D eigenvalue weighted by Crippen LogP contribution is 2.64. The van der Waals surface area contributed by atoms with Gasteiger partial charge in [0.1, 0.15) is 6.10 Å². The third-order valence-corrected chi connectivity index (χ3v) is 6.71. The van der Waals surface area contributed by atoms with E-state index in [1.54, 1.807) is 31.2 Å². The Kier molecular flexibility index (Phi) is 5.39. The van der Waals surface area contributed by atoms with Gasteiger partial charge in [-0.15, -0.1) is 0 Å². The number of rotatable bonds is 7. The molecule has 0 amide bonds. The first-order valence-corrected chi connectivity index (χ1v) is 11.0. The van der Waals surface area contributed by atoms with Gasteiger partial charge >= 0.3 is 6.01 Å². The second-order valence-electron chi connectivity index (χ2n) is 8.88. The van der Waals surface area contributed by atoms with Gasteiger partial charge in [-0.3, -0.25) is 9.59 Å². The number of carbonyl (C=O) groups is 1. The second kappa shape index (κ2) is 8.36. The summed E-state index contributed by atoms with van der Waals surface area (Å²) in [4.78, 5) is 30.2. The fourth-order valence-corrected chi connectivity index (χ4v) is 4.78. The van der Waals surface area contributed by atoms with E-state index in [0.717, 1.165) is 23.8 Å². The van der Waals surface area contributed by atoms with Gasteiger partial charge in [0.25, 0.3) is 11.5 Å². The summed E-state index contributed by atoms with van der Waals surface area (Å²) in [5.74, 6) is -0.0650. The Balaban J connectivity index is 1.29. The molecule has 32 heavy (non-hydrogen) atoms. The summed E-state index contributed by atoms with van der Waals surface area (Å²) in [6, 6.07) is 19.0. The number of aromatic nitrogens is 2. The third kappa shape index (κ3) is 3.86. The minimum Gasteiger partial charge on any atom is -0.461 e. The van der Waals surface area contributed by atoms with E-state index in [4.69, 9.17) is 9.47 Å². The lowest BCUT2D eigenvalue weighted by Gasteiger charge is -2.17. The Morgan fingerprint density at radius 2 is 1.84 bits per heavy atom. The molecule has 1 aromatic heterocycles. The first-order valence-electron chi connectivity index (χ1n) is 11.0. The molecule has 3 aromatic rings. The van der Waals surface area contributed by atoms with Gasteiger partial charge in [0, 0.05) is 28.7 Å². The summed E-state index contributed by atoms with van der Waals surface area (Å²) < 4.78 is 13.3. The van der Waals surface area contributed by atoms with Crippen molar-refractivity contribution in [2.75, 3.05) is 6.61 Å². The number of carbonyl (C=O) groups excluding carboxylic acids is 1. The van der Waals surface area contributed by atoms with Crippen LogP contribution >= 0.6 is 0 Å². The minimum absolute atomic E-state index is 0.0697. The molecule has 2 aliphatic carbocycles. The lowest BCUT2D eigenvalue weighted by Crippen LogP contribution is -2.33. The van der Waals surface area contributed by atoms with Crippen molar-refractivity contribution in [2.45, 2.75) is 38.9 Å². The van der Waals surface area contributed by atoms with Gasteiger partial charge < -0.3 is 9.47 Å². The molecule has 0 bridgehead atoms. The molecule has 1 heterocycles. The fraction of sp³-hybridized carbons (Fsp3) is 0.346. The second-order valence-corrected chi connectivity index (χ2v) is 8.88. The average Bonchev–Trinajstić information content (AvgIpc) is 3.44. The Morgan fingerprint density at radius 3 is 2.56 bits per heavy atom. The van der Waals surface area contributed by atoms with Crippen LogP contribution in [0.2, 0.25) is 0 Å².